The average Bonchev–Trinajstić information content (AvgIpc) is 2.59. The van der Waals surface area contributed by atoms with Crippen LogP contribution < -0.4 is 5.32 Å². The molecule has 1 unspecified atom stereocenters. The molecule has 0 fully saturated rings. The third-order valence-electron chi connectivity index (χ3n) is 3.09. The Hall–Kier alpha value is -0.900. The van der Waals surface area contributed by atoms with E-state index in [9.17, 15) is 0 Å². The second kappa shape index (κ2) is 3.84. The van der Waals surface area contributed by atoms with Crippen molar-refractivity contribution >= 4 is 0 Å². The van der Waals surface area contributed by atoms with Gasteiger partial charge in [0, 0.05) is 18.5 Å². The first-order valence-electron chi connectivity index (χ1n) is 6.08. The molecule has 4 nitrogen and oxygen atoms in total. The lowest BCUT2D eigenvalue weighted by molar-refractivity contribution is 0.328. The molecule has 0 saturated heterocycles. The quantitative estimate of drug-likeness (QED) is 0.789. The minimum Gasteiger partial charge on any atom is -0.312 e. The van der Waals surface area contributed by atoms with Crippen molar-refractivity contribution in [3.8, 4) is 0 Å². The van der Waals surface area contributed by atoms with Gasteiger partial charge >= 0.3 is 0 Å². The molecule has 90 valence electrons. The summed E-state index contributed by atoms with van der Waals surface area (Å²) in [7, 11) is 0. The molecule has 1 aromatic rings. The van der Waals surface area contributed by atoms with Gasteiger partial charge in [0.15, 0.2) is 5.82 Å². The third kappa shape index (κ3) is 1.86. The molecule has 0 bridgehead atoms. The molecule has 0 aromatic carbocycles. The van der Waals surface area contributed by atoms with E-state index in [1.807, 2.05) is 0 Å². The number of hydrogen-bond donors (Lipinski definition) is 1. The van der Waals surface area contributed by atoms with Gasteiger partial charge < -0.3 is 9.88 Å². The molecule has 0 radical (unpaired) electrons. The van der Waals surface area contributed by atoms with E-state index in [4.69, 9.17) is 0 Å². The van der Waals surface area contributed by atoms with Gasteiger partial charge in [-0.3, -0.25) is 0 Å². The monoisotopic (exact) mass is 222 g/mol. The first-order chi connectivity index (χ1) is 7.41. The number of fused-ring (bicyclic) bond motifs is 1. The Bertz CT molecular complexity index is 373. The molecule has 0 saturated carbocycles. The van der Waals surface area contributed by atoms with Gasteiger partial charge in [-0.25, -0.2) is 0 Å². The van der Waals surface area contributed by atoms with Gasteiger partial charge in [0.1, 0.15) is 5.82 Å². The molecule has 1 aromatic heterocycles. The maximum absolute atomic E-state index is 4.38. The highest BCUT2D eigenvalue weighted by Gasteiger charge is 2.30. The van der Waals surface area contributed by atoms with Gasteiger partial charge in [0.25, 0.3) is 0 Å². The molecule has 4 heteroatoms. The Morgan fingerprint density at radius 1 is 1.31 bits per heavy atom. The van der Waals surface area contributed by atoms with Gasteiger partial charge in [0.2, 0.25) is 0 Å². The lowest BCUT2D eigenvalue weighted by Crippen LogP contribution is -2.38. The summed E-state index contributed by atoms with van der Waals surface area (Å²) < 4.78 is 2.29. The van der Waals surface area contributed by atoms with E-state index in [-0.39, 0.29) is 5.41 Å². The van der Waals surface area contributed by atoms with Crippen LogP contribution in [0.15, 0.2) is 0 Å². The predicted molar refractivity (Wildman–Crippen MR) is 64.3 cm³/mol. The summed E-state index contributed by atoms with van der Waals surface area (Å²) in [5.41, 5.74) is 0.0735. The number of nitrogens with zero attached hydrogens (tertiary/aromatic N) is 3. The summed E-state index contributed by atoms with van der Waals surface area (Å²) in [5.74, 6) is 2.76. The Morgan fingerprint density at radius 3 is 2.56 bits per heavy atom. The van der Waals surface area contributed by atoms with Crippen LogP contribution in [0.4, 0.5) is 0 Å². The second-order valence-electron chi connectivity index (χ2n) is 5.96. The van der Waals surface area contributed by atoms with Gasteiger partial charge in [-0.2, -0.15) is 0 Å². The molecule has 2 rings (SSSR count). The highest BCUT2D eigenvalue weighted by atomic mass is 15.3. The fraction of sp³-hybridized carbons (Fsp3) is 0.833. The Labute approximate surface area is 97.5 Å². The van der Waals surface area contributed by atoms with Gasteiger partial charge in [-0.05, 0) is 5.92 Å². The van der Waals surface area contributed by atoms with Crippen LogP contribution in [0.1, 0.15) is 52.3 Å². The number of rotatable bonds is 1. The zero-order valence-corrected chi connectivity index (χ0v) is 10.9. The Balaban J connectivity index is 2.42. The van der Waals surface area contributed by atoms with Crippen LogP contribution >= 0.6 is 0 Å². The molecule has 1 atom stereocenters. The van der Waals surface area contributed by atoms with E-state index >= 15 is 0 Å². The summed E-state index contributed by atoms with van der Waals surface area (Å²) in [6, 6.07) is 0.345. The van der Waals surface area contributed by atoms with Gasteiger partial charge in [-0.1, -0.05) is 34.6 Å². The van der Waals surface area contributed by atoms with Crippen molar-refractivity contribution < 1.29 is 0 Å². The Kier molecular flexibility index (Phi) is 2.78. The van der Waals surface area contributed by atoms with E-state index < -0.39 is 0 Å². The smallest absolute Gasteiger partial charge is 0.150 e. The van der Waals surface area contributed by atoms with Gasteiger partial charge in [-0.15, -0.1) is 10.2 Å². The SMILES string of the molecule is CC(C)C1NCCn2c1nnc2C(C)(C)C. The van der Waals surface area contributed by atoms with E-state index in [0.717, 1.165) is 24.7 Å². The molecule has 0 spiro atoms. The van der Waals surface area contributed by atoms with Crippen LogP contribution in [-0.4, -0.2) is 21.3 Å². The molecular weight excluding hydrogens is 200 g/mol. The molecular formula is C12H22N4. The van der Waals surface area contributed by atoms with Crippen LogP contribution in [0.2, 0.25) is 0 Å². The van der Waals surface area contributed by atoms with Crippen molar-refractivity contribution in [3.63, 3.8) is 0 Å². The zero-order valence-electron chi connectivity index (χ0n) is 10.9. The lowest BCUT2D eigenvalue weighted by atomic mass is 9.95. The van der Waals surface area contributed by atoms with Crippen molar-refractivity contribution in [2.24, 2.45) is 5.92 Å². The number of aromatic nitrogens is 3. The fourth-order valence-electron chi connectivity index (χ4n) is 2.28. The van der Waals surface area contributed by atoms with E-state index in [1.54, 1.807) is 0 Å². The highest BCUT2D eigenvalue weighted by Crippen LogP contribution is 2.28. The maximum atomic E-state index is 4.38. The molecule has 1 aliphatic heterocycles. The van der Waals surface area contributed by atoms with Crippen molar-refractivity contribution in [3.05, 3.63) is 11.6 Å². The van der Waals surface area contributed by atoms with Crippen LogP contribution in [0, 0.1) is 5.92 Å². The molecule has 0 aliphatic carbocycles. The largest absolute Gasteiger partial charge is 0.312 e. The minimum absolute atomic E-state index is 0.0735. The first-order valence-corrected chi connectivity index (χ1v) is 6.08. The molecule has 2 heterocycles. The lowest BCUT2D eigenvalue weighted by Gasteiger charge is -2.29. The van der Waals surface area contributed by atoms with E-state index in [2.05, 4.69) is 54.7 Å². The number of nitrogens with one attached hydrogen (secondary N) is 1. The van der Waals surface area contributed by atoms with Crippen LogP contribution in [0.25, 0.3) is 0 Å². The van der Waals surface area contributed by atoms with Crippen molar-refractivity contribution in [1.29, 1.82) is 0 Å². The van der Waals surface area contributed by atoms with Crippen molar-refractivity contribution in [2.75, 3.05) is 6.54 Å². The second-order valence-corrected chi connectivity index (χ2v) is 5.96. The van der Waals surface area contributed by atoms with Crippen LogP contribution in [0.5, 0.6) is 0 Å². The summed E-state index contributed by atoms with van der Waals surface area (Å²) >= 11 is 0. The molecule has 0 amide bonds. The van der Waals surface area contributed by atoms with Crippen LogP contribution in [-0.2, 0) is 12.0 Å². The van der Waals surface area contributed by atoms with Crippen molar-refractivity contribution in [2.45, 2.75) is 52.6 Å². The average molecular weight is 222 g/mol. The molecule has 1 N–H and O–H groups in total. The predicted octanol–water partition coefficient (Wildman–Crippen LogP) is 1.88. The molecule has 1 aliphatic rings. The maximum Gasteiger partial charge on any atom is 0.150 e. The zero-order chi connectivity index (χ0) is 11.9. The third-order valence-corrected chi connectivity index (χ3v) is 3.09. The Morgan fingerprint density at radius 2 is 2.00 bits per heavy atom. The standard InChI is InChI=1S/C12H22N4/c1-8(2)9-10-14-15-11(12(3,4)5)16(10)7-6-13-9/h8-9,13H,6-7H2,1-5H3. The van der Waals surface area contributed by atoms with E-state index in [1.165, 1.54) is 0 Å². The van der Waals surface area contributed by atoms with Crippen molar-refractivity contribution in [1.82, 2.24) is 20.1 Å². The summed E-state index contributed by atoms with van der Waals surface area (Å²) in [6.07, 6.45) is 0. The van der Waals surface area contributed by atoms with Gasteiger partial charge in [0.05, 0.1) is 6.04 Å². The van der Waals surface area contributed by atoms with E-state index in [0.29, 0.717) is 12.0 Å². The molecule has 16 heavy (non-hydrogen) atoms. The highest BCUT2D eigenvalue weighted by molar-refractivity contribution is 5.11. The summed E-state index contributed by atoms with van der Waals surface area (Å²) in [6.45, 7) is 13.0. The number of hydrogen-bond acceptors (Lipinski definition) is 3. The van der Waals surface area contributed by atoms with Crippen LogP contribution in [0.3, 0.4) is 0 Å². The first kappa shape index (κ1) is 11.6. The topological polar surface area (TPSA) is 42.7 Å². The summed E-state index contributed by atoms with van der Waals surface area (Å²) in [4.78, 5) is 0. The summed E-state index contributed by atoms with van der Waals surface area (Å²) in [5, 5.41) is 12.3. The minimum atomic E-state index is 0.0735. The normalized spacial score (nSPS) is 21.2. The fourth-order valence-corrected chi connectivity index (χ4v) is 2.28.